The minimum absolute atomic E-state index is 0.0328. The van der Waals surface area contributed by atoms with E-state index in [0.717, 1.165) is 38.2 Å². The molecule has 27 heavy (non-hydrogen) atoms. The molecule has 4 rings (SSSR count). The molecule has 1 aliphatic heterocycles. The molecule has 0 bridgehead atoms. The van der Waals surface area contributed by atoms with Crippen molar-refractivity contribution < 1.29 is 4.79 Å². The van der Waals surface area contributed by atoms with Gasteiger partial charge in [-0.3, -0.25) is 9.36 Å². The molecule has 0 unspecified atom stereocenters. The Hall–Kier alpha value is -3.02. The Morgan fingerprint density at radius 3 is 2.48 bits per heavy atom. The number of carbonyl (C=O) groups excluding carboxylic acids is 1. The Labute approximate surface area is 158 Å². The molecule has 6 nitrogen and oxygen atoms in total. The highest BCUT2D eigenvalue weighted by Gasteiger charge is 2.24. The first-order valence-corrected chi connectivity index (χ1v) is 9.38. The van der Waals surface area contributed by atoms with E-state index in [4.69, 9.17) is 0 Å². The van der Waals surface area contributed by atoms with Crippen LogP contribution >= 0.6 is 0 Å². The van der Waals surface area contributed by atoms with Crippen molar-refractivity contribution in [1.29, 1.82) is 0 Å². The van der Waals surface area contributed by atoms with Gasteiger partial charge in [0.15, 0.2) is 11.5 Å². The van der Waals surface area contributed by atoms with Crippen LogP contribution in [0, 0.1) is 12.8 Å². The molecule has 3 aromatic rings. The van der Waals surface area contributed by atoms with E-state index in [1.54, 1.807) is 12.3 Å². The van der Waals surface area contributed by atoms with Crippen LogP contribution in [-0.2, 0) is 6.42 Å². The lowest BCUT2D eigenvalue weighted by Gasteiger charge is -2.31. The van der Waals surface area contributed by atoms with Gasteiger partial charge in [0, 0.05) is 25.5 Å². The number of amides is 1. The van der Waals surface area contributed by atoms with Crippen LogP contribution in [-0.4, -0.2) is 43.6 Å². The van der Waals surface area contributed by atoms with Gasteiger partial charge in [-0.15, -0.1) is 10.2 Å². The molecule has 1 amide bonds. The van der Waals surface area contributed by atoms with Crippen LogP contribution in [0.15, 0.2) is 54.9 Å². The highest BCUT2D eigenvalue weighted by atomic mass is 16.2. The van der Waals surface area contributed by atoms with E-state index in [2.05, 4.69) is 39.4 Å². The van der Waals surface area contributed by atoms with E-state index in [0.29, 0.717) is 17.4 Å². The van der Waals surface area contributed by atoms with Crippen molar-refractivity contribution in [3.8, 4) is 5.82 Å². The Morgan fingerprint density at radius 2 is 1.85 bits per heavy atom. The zero-order chi connectivity index (χ0) is 18.6. The number of hydrogen-bond donors (Lipinski definition) is 0. The molecule has 138 valence electrons. The summed E-state index contributed by atoms with van der Waals surface area (Å²) in [7, 11) is 0. The zero-order valence-corrected chi connectivity index (χ0v) is 15.5. The van der Waals surface area contributed by atoms with E-state index < -0.39 is 0 Å². The van der Waals surface area contributed by atoms with Crippen molar-refractivity contribution in [3.63, 3.8) is 0 Å². The van der Waals surface area contributed by atoms with Gasteiger partial charge in [-0.2, -0.15) is 0 Å². The fourth-order valence-electron chi connectivity index (χ4n) is 3.64. The van der Waals surface area contributed by atoms with Gasteiger partial charge in [-0.05, 0) is 49.8 Å². The molecule has 0 aliphatic carbocycles. The molecule has 6 heteroatoms. The molecule has 0 saturated carbocycles. The smallest absolute Gasteiger partial charge is 0.274 e. The summed E-state index contributed by atoms with van der Waals surface area (Å²) in [6.07, 6.45) is 6.69. The predicted molar refractivity (Wildman–Crippen MR) is 103 cm³/mol. The van der Waals surface area contributed by atoms with E-state index >= 15 is 0 Å². The molecular formula is C21H23N5O. The van der Waals surface area contributed by atoms with Gasteiger partial charge in [0.05, 0.1) is 0 Å². The van der Waals surface area contributed by atoms with Crippen LogP contribution in [0.25, 0.3) is 5.82 Å². The molecule has 0 radical (unpaired) electrons. The van der Waals surface area contributed by atoms with Crippen LogP contribution in [0.3, 0.4) is 0 Å². The third kappa shape index (κ3) is 3.89. The summed E-state index contributed by atoms with van der Waals surface area (Å²) in [5.74, 6) is 2.11. The second-order valence-corrected chi connectivity index (χ2v) is 7.05. The molecule has 3 heterocycles. The molecule has 1 aromatic carbocycles. The van der Waals surface area contributed by atoms with E-state index in [1.165, 1.54) is 5.56 Å². The van der Waals surface area contributed by atoms with Crippen LogP contribution in [0.2, 0.25) is 0 Å². The zero-order valence-electron chi connectivity index (χ0n) is 15.5. The number of aryl methyl sites for hydroxylation is 1. The number of benzene rings is 1. The van der Waals surface area contributed by atoms with Gasteiger partial charge in [0.25, 0.3) is 5.91 Å². The molecular weight excluding hydrogens is 338 g/mol. The lowest BCUT2D eigenvalue weighted by Crippen LogP contribution is -2.39. The van der Waals surface area contributed by atoms with Crippen LogP contribution in [0.4, 0.5) is 0 Å². The Kier molecular flexibility index (Phi) is 4.96. The number of aromatic nitrogens is 4. The maximum atomic E-state index is 12.7. The lowest BCUT2D eigenvalue weighted by molar-refractivity contribution is 0.0683. The number of piperidine rings is 1. The third-order valence-electron chi connectivity index (χ3n) is 5.21. The maximum Gasteiger partial charge on any atom is 0.274 e. The normalized spacial score (nSPS) is 15.1. The molecule has 1 fully saturated rings. The number of rotatable bonds is 4. The summed E-state index contributed by atoms with van der Waals surface area (Å²) >= 11 is 0. The van der Waals surface area contributed by atoms with Crippen LogP contribution in [0.1, 0.15) is 34.7 Å². The van der Waals surface area contributed by atoms with Crippen molar-refractivity contribution in [3.05, 3.63) is 71.9 Å². The fourth-order valence-corrected chi connectivity index (χ4v) is 3.64. The van der Waals surface area contributed by atoms with Gasteiger partial charge < -0.3 is 4.90 Å². The van der Waals surface area contributed by atoms with Gasteiger partial charge in [-0.1, -0.05) is 30.3 Å². The van der Waals surface area contributed by atoms with E-state index in [1.807, 2.05) is 34.7 Å². The van der Waals surface area contributed by atoms with Crippen molar-refractivity contribution in [2.24, 2.45) is 5.92 Å². The molecule has 2 aromatic heterocycles. The van der Waals surface area contributed by atoms with Gasteiger partial charge in [-0.25, -0.2) is 4.98 Å². The van der Waals surface area contributed by atoms with Crippen LogP contribution in [0.5, 0.6) is 0 Å². The molecule has 0 N–H and O–H groups in total. The second kappa shape index (κ2) is 7.70. The number of nitrogens with zero attached hydrogens (tertiary/aromatic N) is 5. The molecule has 1 saturated heterocycles. The standard InChI is InChI=1S/C21H23N5O/c1-16-22-11-14-26(16)20-8-7-19(23-24-20)21(27)25-12-9-18(10-13-25)15-17-5-3-2-4-6-17/h2-8,11,14,18H,9-10,12-13,15H2,1H3. The Balaban J connectivity index is 1.36. The minimum atomic E-state index is -0.0328. The summed E-state index contributed by atoms with van der Waals surface area (Å²) in [6, 6.07) is 14.1. The topological polar surface area (TPSA) is 63.9 Å². The van der Waals surface area contributed by atoms with Crippen molar-refractivity contribution in [1.82, 2.24) is 24.6 Å². The number of carbonyl (C=O) groups is 1. The van der Waals surface area contributed by atoms with Gasteiger partial charge in [0.1, 0.15) is 5.82 Å². The second-order valence-electron chi connectivity index (χ2n) is 7.05. The van der Waals surface area contributed by atoms with E-state index in [-0.39, 0.29) is 5.91 Å². The number of likely N-dealkylation sites (tertiary alicyclic amines) is 1. The van der Waals surface area contributed by atoms with Gasteiger partial charge >= 0.3 is 0 Å². The quantitative estimate of drug-likeness (QED) is 0.716. The Bertz CT molecular complexity index is 896. The van der Waals surface area contributed by atoms with Crippen molar-refractivity contribution >= 4 is 5.91 Å². The first-order valence-electron chi connectivity index (χ1n) is 9.38. The number of hydrogen-bond acceptors (Lipinski definition) is 4. The summed E-state index contributed by atoms with van der Waals surface area (Å²) in [5.41, 5.74) is 1.77. The van der Waals surface area contributed by atoms with Crippen LogP contribution < -0.4 is 0 Å². The van der Waals surface area contributed by atoms with Crippen molar-refractivity contribution in [2.75, 3.05) is 13.1 Å². The fraction of sp³-hybridized carbons (Fsp3) is 0.333. The summed E-state index contributed by atoms with van der Waals surface area (Å²) in [6.45, 7) is 3.46. The minimum Gasteiger partial charge on any atom is -0.337 e. The number of imidazole rings is 1. The SMILES string of the molecule is Cc1nccn1-c1ccc(C(=O)N2CCC(Cc3ccccc3)CC2)nn1. The third-order valence-corrected chi connectivity index (χ3v) is 5.21. The average molecular weight is 361 g/mol. The van der Waals surface area contributed by atoms with Crippen molar-refractivity contribution in [2.45, 2.75) is 26.2 Å². The monoisotopic (exact) mass is 361 g/mol. The molecule has 0 spiro atoms. The average Bonchev–Trinajstić information content (AvgIpc) is 3.15. The van der Waals surface area contributed by atoms with Gasteiger partial charge in [0.2, 0.25) is 0 Å². The lowest BCUT2D eigenvalue weighted by atomic mass is 9.90. The predicted octanol–water partition coefficient (Wildman–Crippen LogP) is 3.07. The highest BCUT2D eigenvalue weighted by molar-refractivity contribution is 5.92. The first kappa shape index (κ1) is 17.4. The molecule has 1 aliphatic rings. The molecule has 0 atom stereocenters. The summed E-state index contributed by atoms with van der Waals surface area (Å²) < 4.78 is 1.84. The summed E-state index contributed by atoms with van der Waals surface area (Å²) in [4.78, 5) is 18.8. The van der Waals surface area contributed by atoms with E-state index in [9.17, 15) is 4.79 Å². The summed E-state index contributed by atoms with van der Waals surface area (Å²) in [5, 5.41) is 8.34. The Morgan fingerprint density at radius 1 is 1.07 bits per heavy atom. The largest absolute Gasteiger partial charge is 0.337 e. The first-order chi connectivity index (χ1) is 13.2. The maximum absolute atomic E-state index is 12.7. The highest BCUT2D eigenvalue weighted by Crippen LogP contribution is 2.22.